The molecule has 1 nitrogen and oxygen atoms in total. The Kier molecular flexibility index (Phi) is 2.07. The second-order valence-electron chi connectivity index (χ2n) is 2.66. The molecule has 0 fully saturated rings. The fourth-order valence-electron chi connectivity index (χ4n) is 1.18. The summed E-state index contributed by atoms with van der Waals surface area (Å²) < 4.78 is 38.6. The first-order valence-corrected chi connectivity index (χ1v) is 4.08. The van der Waals surface area contributed by atoms with Crippen molar-refractivity contribution < 1.29 is 13.2 Å². The summed E-state index contributed by atoms with van der Waals surface area (Å²) in [6, 6.07) is 4.22. The average molecular weight is 218 g/mol. The van der Waals surface area contributed by atoms with Crippen molar-refractivity contribution in [2.75, 3.05) is 0 Å². The Morgan fingerprint density at radius 2 is 1.79 bits per heavy atom. The Morgan fingerprint density at radius 3 is 2.50 bits per heavy atom. The van der Waals surface area contributed by atoms with Gasteiger partial charge in [-0.15, -0.1) is 0 Å². The molecule has 2 rings (SSSR count). The molecule has 0 aliphatic carbocycles. The topological polar surface area (TPSA) is 12.9 Å². The maximum atomic E-state index is 13.2. The van der Waals surface area contributed by atoms with Crippen LogP contribution in [-0.4, -0.2) is 4.98 Å². The molecule has 1 heterocycles. The van der Waals surface area contributed by atoms with Gasteiger partial charge in [0.1, 0.15) is 0 Å². The first-order chi connectivity index (χ1) is 6.61. The number of aromatic nitrogens is 1. The van der Waals surface area contributed by atoms with E-state index in [2.05, 4.69) is 4.98 Å². The molecule has 5 heteroatoms. The quantitative estimate of drug-likeness (QED) is 0.617. The third-order valence-electron chi connectivity index (χ3n) is 1.80. The van der Waals surface area contributed by atoms with Gasteiger partial charge in [-0.25, -0.2) is 9.37 Å². The molecule has 72 valence electrons. The van der Waals surface area contributed by atoms with E-state index >= 15 is 0 Å². The lowest BCUT2D eigenvalue weighted by Crippen LogP contribution is -1.96. The molecule has 1 aromatic carbocycles. The summed E-state index contributed by atoms with van der Waals surface area (Å²) in [5.74, 6) is -4.37. The predicted molar refractivity (Wildman–Crippen MR) is 46.6 cm³/mol. The van der Waals surface area contributed by atoms with Crippen LogP contribution >= 0.6 is 11.6 Å². The standard InChI is InChI=1S/C9H3ClF3N/c10-4-2-1-3-5-6(4)7(11)8(12)9(13)14-5/h1-3H. The lowest BCUT2D eigenvalue weighted by Gasteiger charge is -2.02. The van der Waals surface area contributed by atoms with Gasteiger partial charge in [-0.3, -0.25) is 0 Å². The molecule has 0 unspecified atom stereocenters. The van der Waals surface area contributed by atoms with E-state index in [-0.39, 0.29) is 15.9 Å². The Labute approximate surface area is 82.1 Å². The van der Waals surface area contributed by atoms with Crippen molar-refractivity contribution in [3.63, 3.8) is 0 Å². The minimum atomic E-state index is -1.61. The van der Waals surface area contributed by atoms with E-state index in [1.165, 1.54) is 18.2 Å². The second-order valence-corrected chi connectivity index (χ2v) is 3.07. The van der Waals surface area contributed by atoms with Crippen LogP contribution in [0.15, 0.2) is 18.2 Å². The van der Waals surface area contributed by atoms with Crippen LogP contribution in [0, 0.1) is 17.6 Å². The van der Waals surface area contributed by atoms with Crippen molar-refractivity contribution >= 4 is 22.5 Å². The van der Waals surface area contributed by atoms with Gasteiger partial charge < -0.3 is 0 Å². The van der Waals surface area contributed by atoms with Gasteiger partial charge in [0.2, 0.25) is 5.82 Å². The zero-order chi connectivity index (χ0) is 10.3. The van der Waals surface area contributed by atoms with Crippen LogP contribution in [0.5, 0.6) is 0 Å². The summed E-state index contributed by atoms with van der Waals surface area (Å²) in [6.45, 7) is 0. The number of hydrogen-bond acceptors (Lipinski definition) is 1. The number of benzene rings is 1. The van der Waals surface area contributed by atoms with E-state index in [0.717, 1.165) is 0 Å². The summed E-state index contributed by atoms with van der Waals surface area (Å²) in [7, 11) is 0. The first kappa shape index (κ1) is 9.27. The first-order valence-electron chi connectivity index (χ1n) is 3.70. The maximum Gasteiger partial charge on any atom is 0.252 e. The highest BCUT2D eigenvalue weighted by Gasteiger charge is 2.16. The van der Waals surface area contributed by atoms with E-state index in [1.54, 1.807) is 0 Å². The van der Waals surface area contributed by atoms with Gasteiger partial charge in [0.05, 0.1) is 15.9 Å². The lowest BCUT2D eigenvalue weighted by atomic mass is 10.2. The summed E-state index contributed by atoms with van der Waals surface area (Å²) in [4.78, 5) is 3.23. The van der Waals surface area contributed by atoms with Crippen molar-refractivity contribution in [1.29, 1.82) is 0 Å². The molecule has 0 saturated carbocycles. The molecule has 0 N–H and O–H groups in total. The molecule has 0 radical (unpaired) electrons. The number of hydrogen-bond donors (Lipinski definition) is 0. The average Bonchev–Trinajstić information content (AvgIpc) is 2.14. The maximum absolute atomic E-state index is 13.2. The summed E-state index contributed by atoms with van der Waals surface area (Å²) in [5, 5.41) is -0.195. The van der Waals surface area contributed by atoms with Gasteiger partial charge in [0.25, 0.3) is 5.95 Å². The van der Waals surface area contributed by atoms with E-state index in [9.17, 15) is 13.2 Å². The molecule has 0 saturated heterocycles. The highest BCUT2D eigenvalue weighted by atomic mass is 35.5. The number of rotatable bonds is 0. The van der Waals surface area contributed by atoms with Crippen LogP contribution in [0.2, 0.25) is 5.02 Å². The number of nitrogens with zero attached hydrogens (tertiary/aromatic N) is 1. The van der Waals surface area contributed by atoms with E-state index in [1.807, 2.05) is 0 Å². The van der Waals surface area contributed by atoms with Gasteiger partial charge in [-0.05, 0) is 12.1 Å². The molecule has 14 heavy (non-hydrogen) atoms. The normalized spacial score (nSPS) is 10.9. The monoisotopic (exact) mass is 217 g/mol. The zero-order valence-electron chi connectivity index (χ0n) is 6.69. The van der Waals surface area contributed by atoms with Crippen molar-refractivity contribution in [3.05, 3.63) is 40.8 Å². The smallest absolute Gasteiger partial charge is 0.217 e. The van der Waals surface area contributed by atoms with Gasteiger partial charge in [0, 0.05) is 0 Å². The number of pyridine rings is 1. The summed E-state index contributed by atoms with van der Waals surface area (Å²) >= 11 is 5.62. The lowest BCUT2D eigenvalue weighted by molar-refractivity contribution is 0.435. The predicted octanol–water partition coefficient (Wildman–Crippen LogP) is 3.31. The largest absolute Gasteiger partial charge is 0.252 e. The molecule has 0 aliphatic rings. The molecule has 0 amide bonds. The van der Waals surface area contributed by atoms with E-state index in [0.29, 0.717) is 0 Å². The van der Waals surface area contributed by atoms with E-state index in [4.69, 9.17) is 11.6 Å². The van der Waals surface area contributed by atoms with Crippen molar-refractivity contribution in [2.24, 2.45) is 0 Å². The van der Waals surface area contributed by atoms with Crippen molar-refractivity contribution in [1.82, 2.24) is 4.98 Å². The highest BCUT2D eigenvalue weighted by molar-refractivity contribution is 6.35. The molecule has 2 aromatic rings. The minimum Gasteiger partial charge on any atom is -0.217 e. The molecule has 0 aliphatic heterocycles. The molecule has 0 spiro atoms. The van der Waals surface area contributed by atoms with Crippen LogP contribution in [0.4, 0.5) is 13.2 Å². The highest BCUT2D eigenvalue weighted by Crippen LogP contribution is 2.26. The Balaban J connectivity index is 2.99. The molecule has 0 atom stereocenters. The molecule has 0 bridgehead atoms. The SMILES string of the molecule is Fc1nc2cccc(Cl)c2c(F)c1F. The van der Waals surface area contributed by atoms with Crippen LogP contribution in [0.25, 0.3) is 10.9 Å². The van der Waals surface area contributed by atoms with Gasteiger partial charge in [-0.1, -0.05) is 17.7 Å². The fraction of sp³-hybridized carbons (Fsp3) is 0. The molecule has 1 aromatic heterocycles. The van der Waals surface area contributed by atoms with Gasteiger partial charge in [-0.2, -0.15) is 8.78 Å². The zero-order valence-corrected chi connectivity index (χ0v) is 7.45. The van der Waals surface area contributed by atoms with Crippen LogP contribution < -0.4 is 0 Å². The minimum absolute atomic E-state index is 0.00565. The molecular formula is C9H3ClF3N. The Bertz CT molecular complexity index is 513. The van der Waals surface area contributed by atoms with Crippen molar-refractivity contribution in [3.8, 4) is 0 Å². The Morgan fingerprint density at radius 1 is 1.07 bits per heavy atom. The third-order valence-corrected chi connectivity index (χ3v) is 2.12. The number of halogens is 4. The second kappa shape index (κ2) is 3.13. The van der Waals surface area contributed by atoms with Crippen LogP contribution in [-0.2, 0) is 0 Å². The summed E-state index contributed by atoms with van der Waals surface area (Å²) in [6.07, 6.45) is 0. The fourth-order valence-corrected chi connectivity index (χ4v) is 1.43. The number of fused-ring (bicyclic) bond motifs is 1. The molecular weight excluding hydrogens is 215 g/mol. The van der Waals surface area contributed by atoms with Gasteiger partial charge in [0.15, 0.2) is 5.82 Å². The van der Waals surface area contributed by atoms with E-state index < -0.39 is 17.6 Å². The van der Waals surface area contributed by atoms with Gasteiger partial charge >= 0.3 is 0 Å². The third kappa shape index (κ3) is 1.23. The Hall–Kier alpha value is -1.29. The van der Waals surface area contributed by atoms with Crippen LogP contribution in [0.3, 0.4) is 0 Å². The van der Waals surface area contributed by atoms with Crippen LogP contribution in [0.1, 0.15) is 0 Å². The summed E-state index contributed by atoms with van der Waals surface area (Å²) in [5.41, 5.74) is -0.00565. The van der Waals surface area contributed by atoms with Crippen molar-refractivity contribution in [2.45, 2.75) is 0 Å².